The molecule has 0 saturated carbocycles. The Balaban J connectivity index is 2.58. The van der Waals surface area contributed by atoms with E-state index in [1.807, 2.05) is 6.08 Å². The number of aliphatic hydroxyl groups excluding tert-OH is 6. The molecule has 8 unspecified atom stereocenters. The summed E-state index contributed by atoms with van der Waals surface area (Å²) < 4.78 is 11.1. The van der Waals surface area contributed by atoms with Crippen molar-refractivity contribution in [2.75, 3.05) is 13.2 Å². The molecule has 1 rings (SSSR count). The maximum Gasteiger partial charge on any atom is 0.249 e. The van der Waals surface area contributed by atoms with E-state index in [1.54, 1.807) is 6.08 Å². The number of carbonyl (C=O) groups excluding carboxylic acids is 1. The predicted octanol–water partition coefficient (Wildman–Crippen LogP) is 5.52. The van der Waals surface area contributed by atoms with Crippen LogP contribution in [0.5, 0.6) is 0 Å². The molecule has 1 heterocycles. The Morgan fingerprint density at radius 3 is 1.82 bits per heavy atom. The van der Waals surface area contributed by atoms with Gasteiger partial charge in [0.15, 0.2) is 6.29 Å². The first kappa shape index (κ1) is 45.4. The molecule has 10 nitrogen and oxygen atoms in total. The fourth-order valence-electron chi connectivity index (χ4n) is 5.76. The van der Waals surface area contributed by atoms with E-state index in [1.165, 1.54) is 64.2 Å². The number of allylic oxidation sites excluding steroid dienone is 5. The van der Waals surface area contributed by atoms with Crippen molar-refractivity contribution in [3.05, 3.63) is 36.5 Å². The maximum atomic E-state index is 12.9. The van der Waals surface area contributed by atoms with Gasteiger partial charge in [-0.3, -0.25) is 4.79 Å². The fourth-order valence-corrected chi connectivity index (χ4v) is 5.76. The number of rotatable bonds is 30. The number of hydrogen-bond donors (Lipinski definition) is 7. The second-order valence-corrected chi connectivity index (χ2v) is 13.5. The van der Waals surface area contributed by atoms with Crippen molar-refractivity contribution in [3.63, 3.8) is 0 Å². The molecule has 0 bridgehead atoms. The number of hydrogen-bond acceptors (Lipinski definition) is 9. The lowest BCUT2D eigenvalue weighted by molar-refractivity contribution is -0.302. The molecule has 0 aromatic carbocycles. The molecule has 286 valence electrons. The second kappa shape index (κ2) is 30.0. The quantitative estimate of drug-likeness (QED) is 0.0378. The van der Waals surface area contributed by atoms with Gasteiger partial charge in [-0.15, -0.1) is 0 Å². The van der Waals surface area contributed by atoms with Crippen molar-refractivity contribution >= 4 is 5.91 Å². The molecule has 10 heteroatoms. The number of aliphatic hydroxyl groups is 6. The van der Waals surface area contributed by atoms with Gasteiger partial charge in [-0.05, 0) is 57.8 Å². The highest BCUT2D eigenvalue weighted by Crippen LogP contribution is 2.22. The Morgan fingerprint density at radius 1 is 0.694 bits per heavy atom. The van der Waals surface area contributed by atoms with Crippen LogP contribution in [0.4, 0.5) is 0 Å². The fraction of sp³-hybridized carbons (Fsp3) is 0.821. The van der Waals surface area contributed by atoms with Gasteiger partial charge in [0.05, 0.1) is 25.4 Å². The maximum absolute atomic E-state index is 12.9. The lowest BCUT2D eigenvalue weighted by Gasteiger charge is -2.40. The number of carbonyl (C=O) groups is 1. The largest absolute Gasteiger partial charge is 0.394 e. The van der Waals surface area contributed by atoms with E-state index in [0.29, 0.717) is 12.8 Å². The molecule has 0 aromatic heterocycles. The summed E-state index contributed by atoms with van der Waals surface area (Å²) >= 11 is 0. The van der Waals surface area contributed by atoms with Crippen LogP contribution in [-0.4, -0.2) is 98.7 Å². The summed E-state index contributed by atoms with van der Waals surface area (Å²) in [5.41, 5.74) is 0. The number of ether oxygens (including phenoxy) is 2. The van der Waals surface area contributed by atoms with Crippen molar-refractivity contribution in [2.45, 2.75) is 191 Å². The summed E-state index contributed by atoms with van der Waals surface area (Å²) in [5, 5.41) is 64.2. The van der Waals surface area contributed by atoms with Gasteiger partial charge in [0, 0.05) is 0 Å². The minimum atomic E-state index is -1.61. The Bertz CT molecular complexity index is 881. The van der Waals surface area contributed by atoms with Gasteiger partial charge in [-0.2, -0.15) is 0 Å². The molecule has 1 amide bonds. The Kier molecular flexibility index (Phi) is 27.8. The highest BCUT2D eigenvalue weighted by atomic mass is 16.7. The van der Waals surface area contributed by atoms with Gasteiger partial charge in [-0.1, -0.05) is 121 Å². The van der Waals surface area contributed by atoms with Crippen LogP contribution in [0.1, 0.15) is 142 Å². The summed E-state index contributed by atoms with van der Waals surface area (Å²) in [5.74, 6) is -0.641. The second-order valence-electron chi connectivity index (χ2n) is 13.5. The van der Waals surface area contributed by atoms with Gasteiger partial charge >= 0.3 is 0 Å². The molecular formula is C39H71NO9. The van der Waals surface area contributed by atoms with Crippen molar-refractivity contribution < 1.29 is 44.9 Å². The zero-order chi connectivity index (χ0) is 36.1. The first-order valence-corrected chi connectivity index (χ1v) is 19.3. The number of unbranched alkanes of at least 4 members (excludes halogenated alkanes) is 15. The Labute approximate surface area is 296 Å². The topological polar surface area (TPSA) is 169 Å². The van der Waals surface area contributed by atoms with Crippen molar-refractivity contribution in [2.24, 2.45) is 0 Å². The molecule has 0 aromatic rings. The van der Waals surface area contributed by atoms with E-state index in [2.05, 4.69) is 43.5 Å². The summed E-state index contributed by atoms with van der Waals surface area (Å²) in [4.78, 5) is 12.9. The average molecular weight is 698 g/mol. The van der Waals surface area contributed by atoms with Gasteiger partial charge in [0.25, 0.3) is 0 Å². The van der Waals surface area contributed by atoms with Crippen molar-refractivity contribution in [3.8, 4) is 0 Å². The Hall–Kier alpha value is -1.63. The number of nitrogens with one attached hydrogen (secondary N) is 1. The number of amides is 1. The van der Waals surface area contributed by atoms with Gasteiger partial charge in [-0.25, -0.2) is 0 Å². The minimum Gasteiger partial charge on any atom is -0.394 e. The van der Waals surface area contributed by atoms with Crippen LogP contribution in [-0.2, 0) is 14.3 Å². The van der Waals surface area contributed by atoms with Crippen LogP contribution in [0.25, 0.3) is 0 Å². The SMILES string of the molecule is CCCCC/C=C\CCCCCCC(O)C(=O)NC(COC1OC(CO)C(O)C(O)C1O)C(O)/C=C/CC/C=C/CCCCCCCCC. The highest BCUT2D eigenvalue weighted by molar-refractivity contribution is 5.80. The van der Waals surface area contributed by atoms with E-state index in [4.69, 9.17) is 9.47 Å². The van der Waals surface area contributed by atoms with Crippen molar-refractivity contribution in [1.82, 2.24) is 5.32 Å². The monoisotopic (exact) mass is 698 g/mol. The molecule has 49 heavy (non-hydrogen) atoms. The Morgan fingerprint density at radius 2 is 1.20 bits per heavy atom. The zero-order valence-electron chi connectivity index (χ0n) is 30.5. The first-order valence-electron chi connectivity index (χ1n) is 19.3. The summed E-state index contributed by atoms with van der Waals surface area (Å²) in [7, 11) is 0. The van der Waals surface area contributed by atoms with Crippen molar-refractivity contribution in [1.29, 1.82) is 0 Å². The van der Waals surface area contributed by atoms with Gasteiger partial charge < -0.3 is 45.4 Å². The molecular weight excluding hydrogens is 626 g/mol. The highest BCUT2D eigenvalue weighted by Gasteiger charge is 2.44. The van der Waals surface area contributed by atoms with E-state index >= 15 is 0 Å². The molecule has 0 aliphatic carbocycles. The molecule has 1 saturated heterocycles. The molecule has 8 atom stereocenters. The smallest absolute Gasteiger partial charge is 0.249 e. The molecule has 1 aliphatic heterocycles. The zero-order valence-corrected chi connectivity index (χ0v) is 30.5. The van der Waals surface area contributed by atoms with Gasteiger partial charge in [0.2, 0.25) is 5.91 Å². The summed E-state index contributed by atoms with van der Waals surface area (Å²) in [6, 6.07) is -0.997. The van der Waals surface area contributed by atoms with E-state index in [0.717, 1.165) is 44.9 Å². The molecule has 1 aliphatic rings. The lowest BCUT2D eigenvalue weighted by atomic mass is 9.99. The first-order chi connectivity index (χ1) is 23.8. The van der Waals surface area contributed by atoms with E-state index < -0.39 is 61.5 Å². The third-order valence-corrected chi connectivity index (χ3v) is 9.04. The van der Waals surface area contributed by atoms with Gasteiger partial charge in [0.1, 0.15) is 30.5 Å². The molecule has 0 radical (unpaired) electrons. The standard InChI is InChI=1S/C39H71NO9/c1-3-5-7-9-11-13-15-16-18-19-21-23-25-27-32(42)31(30-48-39-37(46)36(45)35(44)34(29-41)49-39)40-38(47)33(43)28-26-24-22-20-17-14-12-10-8-6-4-2/h12,14,18-19,25,27,31-37,39,41-46H,3-11,13,15-17,20-24,26,28-30H2,1-2H3,(H,40,47)/b14-12-,19-18+,27-25+. The molecule has 0 spiro atoms. The molecule has 7 N–H and O–H groups in total. The van der Waals surface area contributed by atoms with Crippen LogP contribution in [0.3, 0.4) is 0 Å². The lowest BCUT2D eigenvalue weighted by Crippen LogP contribution is -2.60. The third-order valence-electron chi connectivity index (χ3n) is 9.04. The normalized spacial score (nSPS) is 23.5. The van der Waals surface area contributed by atoms with Crippen LogP contribution in [0, 0.1) is 0 Å². The molecule has 1 fully saturated rings. The van der Waals surface area contributed by atoms with Crippen LogP contribution in [0.2, 0.25) is 0 Å². The predicted molar refractivity (Wildman–Crippen MR) is 195 cm³/mol. The van der Waals surface area contributed by atoms with E-state index in [-0.39, 0.29) is 13.0 Å². The third kappa shape index (κ3) is 21.4. The van der Waals surface area contributed by atoms with E-state index in [9.17, 15) is 35.4 Å². The van der Waals surface area contributed by atoms with Crippen LogP contribution >= 0.6 is 0 Å². The summed E-state index contributed by atoms with van der Waals surface area (Å²) in [6.07, 6.45) is 23.8. The van der Waals surface area contributed by atoms with Crippen LogP contribution in [0.15, 0.2) is 36.5 Å². The van der Waals surface area contributed by atoms with Crippen LogP contribution < -0.4 is 5.32 Å². The summed E-state index contributed by atoms with van der Waals surface area (Å²) in [6.45, 7) is 3.50. The average Bonchev–Trinajstić information content (AvgIpc) is 3.10. The minimum absolute atomic E-state index is 0.288.